The second-order valence-electron chi connectivity index (χ2n) is 2.40. The Kier molecular flexibility index (Phi) is 2.98. The summed E-state index contributed by atoms with van der Waals surface area (Å²) in [5.74, 6) is 0.106. The minimum atomic E-state index is -0.489. The molecule has 12 heavy (non-hydrogen) atoms. The molecule has 1 aromatic heterocycles. The van der Waals surface area contributed by atoms with Crippen LogP contribution in [-0.4, -0.2) is 9.97 Å². The van der Waals surface area contributed by atoms with Crippen LogP contribution in [0.25, 0.3) is 0 Å². The lowest BCUT2D eigenvalue weighted by Crippen LogP contribution is -2.02. The Morgan fingerprint density at radius 3 is 2.42 bits per heavy atom. The highest BCUT2D eigenvalue weighted by Crippen LogP contribution is 2.15. The second kappa shape index (κ2) is 3.81. The van der Waals surface area contributed by atoms with E-state index in [2.05, 4.69) is 9.97 Å². The highest BCUT2D eigenvalue weighted by molar-refractivity contribution is 6.29. The van der Waals surface area contributed by atoms with Crippen molar-refractivity contribution in [2.24, 2.45) is 0 Å². The van der Waals surface area contributed by atoms with E-state index in [9.17, 15) is 4.39 Å². The highest BCUT2D eigenvalue weighted by Gasteiger charge is 2.09. The van der Waals surface area contributed by atoms with Gasteiger partial charge in [-0.2, -0.15) is 0 Å². The van der Waals surface area contributed by atoms with E-state index in [1.54, 1.807) is 0 Å². The first-order valence-corrected chi connectivity index (χ1v) is 4.27. The van der Waals surface area contributed by atoms with Gasteiger partial charge in [0.2, 0.25) is 0 Å². The molecule has 0 amide bonds. The summed E-state index contributed by atoms with van der Waals surface area (Å²) in [6.07, 6.45) is 1.22. The molecule has 0 bridgehead atoms. The Labute approximate surface area is 75.8 Å². The fraction of sp³-hybridized carbons (Fsp3) is 0.500. The Bertz CT molecular complexity index is 289. The monoisotopic (exact) mass is 188 g/mol. The second-order valence-corrected chi connectivity index (χ2v) is 2.76. The van der Waals surface area contributed by atoms with Gasteiger partial charge in [-0.3, -0.25) is 0 Å². The van der Waals surface area contributed by atoms with Crippen LogP contribution < -0.4 is 0 Å². The molecule has 0 aliphatic heterocycles. The number of aryl methyl sites for hydroxylation is 2. The van der Waals surface area contributed by atoms with E-state index in [-0.39, 0.29) is 5.15 Å². The summed E-state index contributed by atoms with van der Waals surface area (Å²) < 4.78 is 13.1. The summed E-state index contributed by atoms with van der Waals surface area (Å²) in [5, 5.41) is -0.0706. The fourth-order valence-electron chi connectivity index (χ4n) is 0.904. The van der Waals surface area contributed by atoms with Gasteiger partial charge in [0.05, 0.1) is 5.69 Å². The first-order valence-electron chi connectivity index (χ1n) is 3.89. The minimum absolute atomic E-state index is 0.0706. The number of nitrogens with zero attached hydrogens (tertiary/aromatic N) is 2. The Morgan fingerprint density at radius 1 is 1.25 bits per heavy atom. The molecule has 0 aliphatic rings. The number of hydrogen-bond acceptors (Lipinski definition) is 2. The van der Waals surface area contributed by atoms with E-state index in [1.165, 1.54) is 0 Å². The molecule has 1 heterocycles. The van der Waals surface area contributed by atoms with Gasteiger partial charge in [0.25, 0.3) is 0 Å². The summed E-state index contributed by atoms with van der Waals surface area (Å²) in [6, 6.07) is 0. The lowest BCUT2D eigenvalue weighted by molar-refractivity contribution is 0.588. The van der Waals surface area contributed by atoms with Crippen molar-refractivity contribution in [2.45, 2.75) is 26.7 Å². The maximum Gasteiger partial charge on any atom is 0.181 e. The zero-order chi connectivity index (χ0) is 9.14. The van der Waals surface area contributed by atoms with Gasteiger partial charge in [0, 0.05) is 6.42 Å². The third-order valence-electron chi connectivity index (χ3n) is 1.58. The first-order chi connectivity index (χ1) is 5.69. The third-order valence-corrected chi connectivity index (χ3v) is 1.83. The van der Waals surface area contributed by atoms with Gasteiger partial charge in [-0.05, 0) is 6.42 Å². The predicted octanol–water partition coefficient (Wildman–Crippen LogP) is 2.39. The molecule has 0 atom stereocenters. The maximum atomic E-state index is 13.1. The normalized spacial score (nSPS) is 10.3. The average molecular weight is 189 g/mol. The lowest BCUT2D eigenvalue weighted by Gasteiger charge is -2.02. The van der Waals surface area contributed by atoms with E-state index in [0.717, 1.165) is 0 Å². The topological polar surface area (TPSA) is 25.8 Å². The van der Waals surface area contributed by atoms with E-state index >= 15 is 0 Å². The van der Waals surface area contributed by atoms with E-state index < -0.39 is 5.82 Å². The van der Waals surface area contributed by atoms with Gasteiger partial charge >= 0.3 is 0 Å². The molecule has 0 aliphatic carbocycles. The molecular weight excluding hydrogens is 179 g/mol. The summed E-state index contributed by atoms with van der Waals surface area (Å²) in [4.78, 5) is 7.78. The van der Waals surface area contributed by atoms with Crippen LogP contribution in [0.15, 0.2) is 0 Å². The van der Waals surface area contributed by atoms with Gasteiger partial charge in [-0.25, -0.2) is 14.4 Å². The molecule has 0 radical (unpaired) electrons. The zero-order valence-corrected chi connectivity index (χ0v) is 7.82. The van der Waals surface area contributed by atoms with Crippen LogP contribution in [0.1, 0.15) is 25.4 Å². The quantitative estimate of drug-likeness (QED) is 0.666. The molecule has 0 fully saturated rings. The van der Waals surface area contributed by atoms with Crippen LogP contribution in [0.2, 0.25) is 5.15 Å². The molecule has 2 nitrogen and oxygen atoms in total. The molecule has 0 aromatic carbocycles. The molecule has 66 valence electrons. The molecule has 0 spiro atoms. The van der Waals surface area contributed by atoms with Crippen molar-refractivity contribution in [2.75, 3.05) is 0 Å². The van der Waals surface area contributed by atoms with Gasteiger partial charge in [-0.1, -0.05) is 25.4 Å². The third kappa shape index (κ3) is 1.72. The van der Waals surface area contributed by atoms with Gasteiger partial charge in [0.15, 0.2) is 11.0 Å². The van der Waals surface area contributed by atoms with Crippen LogP contribution in [0.4, 0.5) is 4.39 Å². The Hall–Kier alpha value is -0.700. The standard InChI is InChI=1S/C8H10ClFN2/c1-3-5-7(10)8(9)12-6(4-2)11-5/h3-4H2,1-2H3. The lowest BCUT2D eigenvalue weighted by atomic mass is 10.3. The van der Waals surface area contributed by atoms with Crippen LogP contribution in [-0.2, 0) is 12.8 Å². The summed E-state index contributed by atoms with van der Waals surface area (Å²) >= 11 is 5.55. The van der Waals surface area contributed by atoms with Gasteiger partial charge in [0.1, 0.15) is 5.82 Å². The first kappa shape index (κ1) is 9.39. The van der Waals surface area contributed by atoms with Gasteiger partial charge in [-0.15, -0.1) is 0 Å². The fourth-order valence-corrected chi connectivity index (χ4v) is 1.11. The van der Waals surface area contributed by atoms with Crippen molar-refractivity contribution in [3.05, 3.63) is 22.5 Å². The molecule has 1 aromatic rings. The Morgan fingerprint density at radius 2 is 1.92 bits per heavy atom. The van der Waals surface area contributed by atoms with Crippen LogP contribution >= 0.6 is 11.6 Å². The van der Waals surface area contributed by atoms with Crippen LogP contribution in [0.3, 0.4) is 0 Å². The SMILES string of the molecule is CCc1nc(Cl)c(F)c(CC)n1. The van der Waals surface area contributed by atoms with Crippen molar-refractivity contribution in [1.29, 1.82) is 0 Å². The predicted molar refractivity (Wildman–Crippen MR) is 45.8 cm³/mol. The van der Waals surface area contributed by atoms with Crippen molar-refractivity contribution < 1.29 is 4.39 Å². The summed E-state index contributed by atoms with van der Waals surface area (Å²) in [5.41, 5.74) is 0.395. The van der Waals surface area contributed by atoms with E-state index in [0.29, 0.717) is 24.4 Å². The van der Waals surface area contributed by atoms with Crippen molar-refractivity contribution >= 4 is 11.6 Å². The van der Waals surface area contributed by atoms with E-state index in [1.807, 2.05) is 13.8 Å². The average Bonchev–Trinajstić information content (AvgIpc) is 2.09. The van der Waals surface area contributed by atoms with Crippen LogP contribution in [0.5, 0.6) is 0 Å². The highest BCUT2D eigenvalue weighted by atomic mass is 35.5. The van der Waals surface area contributed by atoms with E-state index in [4.69, 9.17) is 11.6 Å². The molecule has 0 N–H and O–H groups in total. The molecule has 0 unspecified atom stereocenters. The summed E-state index contributed by atoms with van der Waals surface area (Å²) in [6.45, 7) is 3.74. The molecule has 4 heteroatoms. The number of rotatable bonds is 2. The zero-order valence-electron chi connectivity index (χ0n) is 7.06. The minimum Gasteiger partial charge on any atom is -0.235 e. The molecule has 0 saturated carbocycles. The maximum absolute atomic E-state index is 13.1. The number of hydrogen-bond donors (Lipinski definition) is 0. The molecule has 0 saturated heterocycles. The smallest absolute Gasteiger partial charge is 0.181 e. The van der Waals surface area contributed by atoms with Crippen LogP contribution in [0, 0.1) is 5.82 Å². The van der Waals surface area contributed by atoms with Crippen molar-refractivity contribution in [1.82, 2.24) is 9.97 Å². The Balaban J connectivity index is 3.19. The molecular formula is C8H10ClFN2. The summed E-state index contributed by atoms with van der Waals surface area (Å²) in [7, 11) is 0. The van der Waals surface area contributed by atoms with Gasteiger partial charge < -0.3 is 0 Å². The van der Waals surface area contributed by atoms with Crippen molar-refractivity contribution in [3.8, 4) is 0 Å². The number of aromatic nitrogens is 2. The molecule has 1 rings (SSSR count). The van der Waals surface area contributed by atoms with Crippen molar-refractivity contribution in [3.63, 3.8) is 0 Å². The largest absolute Gasteiger partial charge is 0.235 e. The number of halogens is 2.